The zero-order valence-corrected chi connectivity index (χ0v) is 15.3. The molecule has 0 N–H and O–H groups in total. The maximum absolute atomic E-state index is 5.92. The van der Waals surface area contributed by atoms with Crippen LogP contribution in [0.1, 0.15) is 51.5 Å². The molecular weight excluding hydrogens is 288 g/mol. The van der Waals surface area contributed by atoms with Gasteiger partial charge in [0.25, 0.3) is 0 Å². The molecule has 2 rings (SSSR count). The van der Waals surface area contributed by atoms with E-state index in [1.54, 1.807) is 14.2 Å². The molecule has 1 aliphatic carbocycles. The Morgan fingerprint density at radius 2 is 1.78 bits per heavy atom. The Morgan fingerprint density at radius 3 is 2.39 bits per heavy atom. The maximum atomic E-state index is 5.92. The first-order valence-electron chi connectivity index (χ1n) is 8.88. The van der Waals surface area contributed by atoms with E-state index in [-0.39, 0.29) is 0 Å². The normalized spacial score (nSPS) is 18.3. The van der Waals surface area contributed by atoms with Crippen molar-refractivity contribution < 1.29 is 14.2 Å². The second kappa shape index (κ2) is 8.58. The largest absolute Gasteiger partial charge is 0.493 e. The SMILES string of the molecule is COCCCOc1cc(C(C)[C@H](C)[C@H](C)C2CC2)ccc1OC. The maximum Gasteiger partial charge on any atom is 0.161 e. The summed E-state index contributed by atoms with van der Waals surface area (Å²) in [7, 11) is 3.41. The molecule has 1 aromatic carbocycles. The van der Waals surface area contributed by atoms with Crippen LogP contribution in [0.3, 0.4) is 0 Å². The van der Waals surface area contributed by atoms with E-state index < -0.39 is 0 Å². The molecule has 3 atom stereocenters. The molecule has 0 bridgehead atoms. The van der Waals surface area contributed by atoms with E-state index >= 15 is 0 Å². The van der Waals surface area contributed by atoms with Crippen molar-refractivity contribution in [2.45, 2.75) is 46.0 Å². The Kier molecular flexibility index (Phi) is 6.76. The van der Waals surface area contributed by atoms with Gasteiger partial charge in [0.1, 0.15) is 0 Å². The predicted octanol–water partition coefficient (Wildman–Crippen LogP) is 4.90. The van der Waals surface area contributed by atoms with Crippen molar-refractivity contribution in [1.29, 1.82) is 0 Å². The van der Waals surface area contributed by atoms with Gasteiger partial charge in [-0.2, -0.15) is 0 Å². The van der Waals surface area contributed by atoms with Gasteiger partial charge in [-0.3, -0.25) is 0 Å². The minimum absolute atomic E-state index is 0.526. The summed E-state index contributed by atoms with van der Waals surface area (Å²) in [6.07, 6.45) is 3.71. The molecule has 130 valence electrons. The van der Waals surface area contributed by atoms with Crippen molar-refractivity contribution in [1.82, 2.24) is 0 Å². The smallest absolute Gasteiger partial charge is 0.161 e. The Balaban J connectivity index is 2.05. The van der Waals surface area contributed by atoms with Gasteiger partial charge in [0.15, 0.2) is 11.5 Å². The third kappa shape index (κ3) is 4.87. The molecule has 1 unspecified atom stereocenters. The molecular formula is C20H32O3. The van der Waals surface area contributed by atoms with Gasteiger partial charge in [-0.05, 0) is 54.2 Å². The first-order valence-corrected chi connectivity index (χ1v) is 8.88. The lowest BCUT2D eigenvalue weighted by Crippen LogP contribution is -2.17. The van der Waals surface area contributed by atoms with Crippen LogP contribution in [0.5, 0.6) is 11.5 Å². The van der Waals surface area contributed by atoms with Crippen LogP contribution >= 0.6 is 0 Å². The first kappa shape index (κ1) is 18.1. The number of benzene rings is 1. The van der Waals surface area contributed by atoms with Crippen LogP contribution < -0.4 is 9.47 Å². The highest BCUT2D eigenvalue weighted by atomic mass is 16.5. The molecule has 0 aromatic heterocycles. The minimum atomic E-state index is 0.526. The van der Waals surface area contributed by atoms with Crippen LogP contribution in [0.4, 0.5) is 0 Å². The molecule has 1 aliphatic rings. The van der Waals surface area contributed by atoms with Crippen LogP contribution in [0, 0.1) is 17.8 Å². The van der Waals surface area contributed by atoms with Gasteiger partial charge in [-0.15, -0.1) is 0 Å². The summed E-state index contributed by atoms with van der Waals surface area (Å²) < 4.78 is 16.4. The van der Waals surface area contributed by atoms with Crippen molar-refractivity contribution in [2.24, 2.45) is 17.8 Å². The quantitative estimate of drug-likeness (QED) is 0.574. The number of ether oxygens (including phenoxy) is 3. The average molecular weight is 320 g/mol. The standard InChI is InChI=1S/C20H32O3/c1-14(15(2)17-7-8-17)16(3)18-9-10-19(22-5)20(13-18)23-12-6-11-21-4/h9-10,13-17H,6-8,11-12H2,1-5H3/t14-,15+,16?/m1/s1. The molecule has 0 aliphatic heterocycles. The van der Waals surface area contributed by atoms with Gasteiger partial charge in [0, 0.05) is 20.1 Å². The molecule has 1 aromatic rings. The highest BCUT2D eigenvalue weighted by molar-refractivity contribution is 5.44. The second-order valence-corrected chi connectivity index (χ2v) is 6.95. The van der Waals surface area contributed by atoms with Crippen LogP contribution in [-0.2, 0) is 4.74 Å². The molecule has 3 heteroatoms. The summed E-state index contributed by atoms with van der Waals surface area (Å²) in [4.78, 5) is 0. The van der Waals surface area contributed by atoms with E-state index in [1.165, 1.54) is 18.4 Å². The van der Waals surface area contributed by atoms with Crippen LogP contribution in [0.15, 0.2) is 18.2 Å². The topological polar surface area (TPSA) is 27.7 Å². The zero-order valence-electron chi connectivity index (χ0n) is 15.3. The van der Waals surface area contributed by atoms with E-state index in [0.29, 0.717) is 25.0 Å². The van der Waals surface area contributed by atoms with Crippen molar-refractivity contribution in [3.63, 3.8) is 0 Å². The lowest BCUT2D eigenvalue weighted by Gasteiger charge is -2.27. The summed E-state index contributed by atoms with van der Waals surface area (Å²) in [5, 5.41) is 0. The van der Waals surface area contributed by atoms with Gasteiger partial charge in [-0.1, -0.05) is 26.8 Å². The lowest BCUT2D eigenvalue weighted by atomic mass is 9.79. The molecule has 0 heterocycles. The van der Waals surface area contributed by atoms with Gasteiger partial charge in [-0.25, -0.2) is 0 Å². The van der Waals surface area contributed by atoms with Gasteiger partial charge < -0.3 is 14.2 Å². The highest BCUT2D eigenvalue weighted by Crippen LogP contribution is 2.45. The zero-order chi connectivity index (χ0) is 16.8. The molecule has 0 saturated heterocycles. The summed E-state index contributed by atoms with van der Waals surface area (Å²) in [5.41, 5.74) is 1.34. The molecule has 3 nitrogen and oxygen atoms in total. The fourth-order valence-corrected chi connectivity index (χ4v) is 3.28. The third-order valence-electron chi connectivity index (χ3n) is 5.45. The Morgan fingerprint density at radius 1 is 1.04 bits per heavy atom. The van der Waals surface area contributed by atoms with Gasteiger partial charge in [0.05, 0.1) is 13.7 Å². The highest BCUT2D eigenvalue weighted by Gasteiger charge is 2.33. The van der Waals surface area contributed by atoms with Crippen molar-refractivity contribution in [3.8, 4) is 11.5 Å². The Hall–Kier alpha value is -1.22. The van der Waals surface area contributed by atoms with Crippen LogP contribution in [-0.4, -0.2) is 27.4 Å². The molecule has 1 fully saturated rings. The molecule has 0 radical (unpaired) electrons. The molecule has 1 saturated carbocycles. The fourth-order valence-electron chi connectivity index (χ4n) is 3.28. The monoisotopic (exact) mass is 320 g/mol. The van der Waals surface area contributed by atoms with Gasteiger partial charge in [0.2, 0.25) is 0 Å². The summed E-state index contributed by atoms with van der Waals surface area (Å²) in [6, 6.07) is 6.38. The number of hydrogen-bond donors (Lipinski definition) is 0. The Bertz CT molecular complexity index is 482. The molecule has 23 heavy (non-hydrogen) atoms. The predicted molar refractivity (Wildman–Crippen MR) is 94.4 cm³/mol. The lowest BCUT2D eigenvalue weighted by molar-refractivity contribution is 0.170. The first-order chi connectivity index (χ1) is 11.1. The molecule has 0 amide bonds. The van der Waals surface area contributed by atoms with E-state index in [0.717, 1.165) is 29.8 Å². The van der Waals surface area contributed by atoms with E-state index in [9.17, 15) is 0 Å². The van der Waals surface area contributed by atoms with Crippen LogP contribution in [0.25, 0.3) is 0 Å². The summed E-state index contributed by atoms with van der Waals surface area (Å²) in [5.74, 6) is 4.59. The summed E-state index contributed by atoms with van der Waals surface area (Å²) >= 11 is 0. The second-order valence-electron chi connectivity index (χ2n) is 6.95. The number of methoxy groups -OCH3 is 2. The van der Waals surface area contributed by atoms with E-state index in [1.807, 2.05) is 6.07 Å². The number of hydrogen-bond acceptors (Lipinski definition) is 3. The number of rotatable bonds is 10. The van der Waals surface area contributed by atoms with Crippen molar-refractivity contribution in [2.75, 3.05) is 27.4 Å². The van der Waals surface area contributed by atoms with Crippen molar-refractivity contribution >= 4 is 0 Å². The molecule has 0 spiro atoms. The Labute approximate surface area is 141 Å². The van der Waals surface area contributed by atoms with Crippen molar-refractivity contribution in [3.05, 3.63) is 23.8 Å². The van der Waals surface area contributed by atoms with Gasteiger partial charge >= 0.3 is 0 Å². The summed E-state index contributed by atoms with van der Waals surface area (Å²) in [6.45, 7) is 8.49. The minimum Gasteiger partial charge on any atom is -0.493 e. The third-order valence-corrected chi connectivity index (χ3v) is 5.45. The fraction of sp³-hybridized carbons (Fsp3) is 0.700. The van der Waals surface area contributed by atoms with E-state index in [2.05, 4.69) is 32.9 Å². The average Bonchev–Trinajstić information content (AvgIpc) is 3.41. The van der Waals surface area contributed by atoms with Crippen LogP contribution in [0.2, 0.25) is 0 Å². The van der Waals surface area contributed by atoms with E-state index in [4.69, 9.17) is 14.2 Å².